The van der Waals surface area contributed by atoms with Crippen molar-refractivity contribution in [2.24, 2.45) is 0 Å². The first-order valence-electron chi connectivity index (χ1n) is 23.3. The van der Waals surface area contributed by atoms with Crippen LogP contribution in [0.5, 0.6) is 0 Å². The molecule has 0 atom stereocenters. The van der Waals surface area contributed by atoms with Crippen LogP contribution in [0.3, 0.4) is 0 Å². The maximum atomic E-state index is 17.0. The van der Waals surface area contributed by atoms with Gasteiger partial charge in [-0.25, -0.2) is 0 Å². The van der Waals surface area contributed by atoms with Crippen molar-refractivity contribution in [1.82, 2.24) is 0 Å². The predicted molar refractivity (Wildman–Crippen MR) is 279 cm³/mol. The van der Waals surface area contributed by atoms with Gasteiger partial charge in [0.2, 0.25) is 5.41 Å². The van der Waals surface area contributed by atoms with Crippen LogP contribution in [0.25, 0.3) is 89.0 Å². The summed E-state index contributed by atoms with van der Waals surface area (Å²) in [6, 6.07) is 71.2. The second-order valence-corrected chi connectivity index (χ2v) is 17.6. The number of rotatable bonds is 10. The molecule has 73 heavy (non-hydrogen) atoms. The van der Waals surface area contributed by atoms with Crippen LogP contribution in [0.15, 0.2) is 243 Å². The summed E-state index contributed by atoms with van der Waals surface area (Å²) in [6.45, 7) is 0. The highest BCUT2D eigenvalue weighted by Gasteiger charge is 2.73. The Balaban J connectivity index is 1.32. The van der Waals surface area contributed by atoms with Crippen LogP contribution < -0.4 is 0 Å². The van der Waals surface area contributed by atoms with E-state index in [1.165, 1.54) is 0 Å². The Morgan fingerprint density at radius 2 is 0.452 bits per heavy atom. The van der Waals surface area contributed by atoms with Crippen molar-refractivity contribution < 1.29 is 26.3 Å². The predicted octanol–water partition coefficient (Wildman–Crippen LogP) is 18.2. The van der Waals surface area contributed by atoms with E-state index in [4.69, 9.17) is 0 Å². The lowest BCUT2D eigenvalue weighted by Gasteiger charge is -2.39. The van der Waals surface area contributed by atoms with Gasteiger partial charge < -0.3 is 0 Å². The van der Waals surface area contributed by atoms with E-state index < -0.39 is 28.9 Å². The molecular formula is C65H40F6N2. The van der Waals surface area contributed by atoms with E-state index >= 15 is 26.3 Å². The van der Waals surface area contributed by atoms with Gasteiger partial charge in [-0.05, 0) is 126 Å². The largest absolute Gasteiger partial charge is 0.411 e. The van der Waals surface area contributed by atoms with E-state index in [-0.39, 0.29) is 55.6 Å². The highest BCUT2D eigenvalue weighted by atomic mass is 19.4. The summed E-state index contributed by atoms with van der Waals surface area (Å²) >= 11 is 0. The van der Waals surface area contributed by atoms with Crippen molar-refractivity contribution in [3.05, 3.63) is 265 Å². The molecule has 0 aliphatic rings. The van der Waals surface area contributed by atoms with Gasteiger partial charge in [0.05, 0.1) is 11.1 Å². The molecule has 8 heteroatoms. The summed E-state index contributed by atoms with van der Waals surface area (Å²) in [4.78, 5) is 0. The number of alkyl halides is 6. The molecule has 0 aliphatic carbocycles. The molecule has 0 radical (unpaired) electrons. The summed E-state index contributed by atoms with van der Waals surface area (Å²) in [5, 5.41) is 22.2. The number of hydrogen-bond acceptors (Lipinski definition) is 2. The number of nitriles is 2. The lowest BCUT2D eigenvalue weighted by atomic mass is 9.69. The molecule has 0 heterocycles. The van der Waals surface area contributed by atoms with Gasteiger partial charge in [-0.3, -0.25) is 0 Å². The minimum atomic E-state index is -6.08. The maximum absolute atomic E-state index is 17.0. The molecule has 10 aromatic carbocycles. The molecule has 352 valence electrons. The van der Waals surface area contributed by atoms with Crippen molar-refractivity contribution in [1.29, 1.82) is 10.5 Å². The number of halogens is 6. The molecule has 0 saturated carbocycles. The minimum absolute atomic E-state index is 0.117. The van der Waals surface area contributed by atoms with Crippen LogP contribution in [0.1, 0.15) is 22.3 Å². The van der Waals surface area contributed by atoms with Crippen molar-refractivity contribution in [2.45, 2.75) is 17.8 Å². The fraction of sp³-hybridized carbons (Fsp3) is 0.0462. The first-order valence-corrected chi connectivity index (χ1v) is 23.3. The van der Waals surface area contributed by atoms with Gasteiger partial charge in [0.1, 0.15) is 12.1 Å². The molecule has 10 aromatic rings. The van der Waals surface area contributed by atoms with Crippen LogP contribution in [0, 0.1) is 22.7 Å². The van der Waals surface area contributed by atoms with Gasteiger partial charge in [-0.2, -0.15) is 36.9 Å². The van der Waals surface area contributed by atoms with Crippen molar-refractivity contribution >= 4 is 0 Å². The van der Waals surface area contributed by atoms with E-state index in [9.17, 15) is 10.5 Å². The Labute approximate surface area is 419 Å². The topological polar surface area (TPSA) is 47.6 Å². The zero-order valence-corrected chi connectivity index (χ0v) is 38.8. The molecule has 2 nitrogen and oxygen atoms in total. The highest BCUT2D eigenvalue weighted by Crippen LogP contribution is 2.59. The quantitative estimate of drug-likeness (QED) is 0.128. The smallest absolute Gasteiger partial charge is 0.192 e. The van der Waals surface area contributed by atoms with Crippen LogP contribution in [0.2, 0.25) is 0 Å². The van der Waals surface area contributed by atoms with Crippen LogP contribution in [-0.4, -0.2) is 12.4 Å². The average molecular weight is 963 g/mol. The number of hydrogen-bond donors (Lipinski definition) is 0. The Morgan fingerprint density at radius 3 is 0.658 bits per heavy atom. The molecule has 0 amide bonds. The third-order valence-corrected chi connectivity index (χ3v) is 13.3. The average Bonchev–Trinajstić information content (AvgIpc) is 3.43. The Bertz CT molecular complexity index is 3260. The highest BCUT2D eigenvalue weighted by molar-refractivity contribution is 5.89. The minimum Gasteiger partial charge on any atom is -0.192 e. The maximum Gasteiger partial charge on any atom is 0.411 e. The molecule has 0 saturated heterocycles. The van der Waals surface area contributed by atoms with E-state index in [0.29, 0.717) is 22.3 Å². The fourth-order valence-corrected chi connectivity index (χ4v) is 9.84. The van der Waals surface area contributed by atoms with Gasteiger partial charge in [0, 0.05) is 22.3 Å². The summed E-state index contributed by atoms with van der Waals surface area (Å²) in [6.07, 6.45) is -12.2. The zero-order chi connectivity index (χ0) is 50.7. The first-order chi connectivity index (χ1) is 35.4. The van der Waals surface area contributed by atoms with E-state index in [1.54, 1.807) is 97.1 Å². The molecule has 0 N–H and O–H groups in total. The Morgan fingerprint density at radius 1 is 0.247 bits per heavy atom. The third kappa shape index (κ3) is 8.97. The molecule has 10 rings (SSSR count). The summed E-state index contributed by atoms with van der Waals surface area (Å²) in [7, 11) is 0. The van der Waals surface area contributed by atoms with Gasteiger partial charge in [-0.1, -0.05) is 194 Å². The monoisotopic (exact) mass is 962 g/mol. The molecule has 0 aromatic heterocycles. The molecule has 0 aliphatic heterocycles. The van der Waals surface area contributed by atoms with Crippen LogP contribution >= 0.6 is 0 Å². The summed E-state index contributed by atoms with van der Waals surface area (Å²) in [5.41, 5.74) is -1.36. The lowest BCUT2D eigenvalue weighted by molar-refractivity contribution is -0.288. The third-order valence-electron chi connectivity index (χ3n) is 13.3. The molecule has 0 bridgehead atoms. The SMILES string of the molecule is N#Cc1c(-c2cccc(-c3ccccc3)c2)cc(C(c2cc(-c3cccc(-c4ccccc4)c3)c(C#N)c(-c3cccc(-c4ccccc4)c3)c2)(C(F)(F)F)C(F)(F)F)cc1-c1cccc(-c2ccccc2)c1. The van der Waals surface area contributed by atoms with Crippen molar-refractivity contribution in [3.8, 4) is 101 Å². The molecule has 0 unspecified atom stereocenters. The van der Waals surface area contributed by atoms with Crippen LogP contribution in [0.4, 0.5) is 26.3 Å². The molecular weight excluding hydrogens is 923 g/mol. The van der Waals surface area contributed by atoms with E-state index in [2.05, 4.69) is 12.1 Å². The molecule has 0 fully saturated rings. The summed E-state index contributed by atoms with van der Waals surface area (Å²) < 4.78 is 102. The fourth-order valence-electron chi connectivity index (χ4n) is 9.84. The van der Waals surface area contributed by atoms with Gasteiger partial charge in [0.15, 0.2) is 0 Å². The number of nitrogens with zero attached hydrogens (tertiary/aromatic N) is 2. The standard InChI is InChI=1S/C65H40F6N2/c66-64(67,68)63(65(69,70)71,55-37-57(51-29-13-25-47(33-51)43-17-5-1-6-18-43)61(41-72)58(38-55)52-30-14-26-48(34-52)44-19-7-2-8-20-44)56-39-59(53-31-15-27-49(35-53)45-21-9-3-10-22-45)62(42-73)60(40-56)54-32-16-28-50(36-54)46-23-11-4-12-24-46/h1-40H. The molecule has 0 spiro atoms. The van der Waals surface area contributed by atoms with E-state index in [1.807, 2.05) is 121 Å². The normalized spacial score (nSPS) is 11.7. The van der Waals surface area contributed by atoms with Gasteiger partial charge >= 0.3 is 12.4 Å². The lowest BCUT2D eigenvalue weighted by Crippen LogP contribution is -2.55. The first kappa shape index (κ1) is 47.4. The van der Waals surface area contributed by atoms with Gasteiger partial charge in [0.25, 0.3) is 0 Å². The van der Waals surface area contributed by atoms with E-state index in [0.717, 1.165) is 46.5 Å². The number of benzene rings is 10. The van der Waals surface area contributed by atoms with Crippen molar-refractivity contribution in [2.75, 3.05) is 0 Å². The zero-order valence-electron chi connectivity index (χ0n) is 38.8. The van der Waals surface area contributed by atoms with Crippen molar-refractivity contribution in [3.63, 3.8) is 0 Å². The Hall–Kier alpha value is -9.24. The second-order valence-electron chi connectivity index (χ2n) is 17.6. The second kappa shape index (κ2) is 19.5. The van der Waals surface area contributed by atoms with Gasteiger partial charge in [-0.15, -0.1) is 0 Å². The van der Waals surface area contributed by atoms with Crippen LogP contribution in [-0.2, 0) is 5.41 Å². The summed E-state index contributed by atoms with van der Waals surface area (Å²) in [5.74, 6) is 0. The Kier molecular flexibility index (Phi) is 12.7.